The van der Waals surface area contributed by atoms with Gasteiger partial charge in [0.25, 0.3) is 0 Å². The Bertz CT molecular complexity index is 371. The Morgan fingerprint density at radius 2 is 2.05 bits per heavy atom. The molecule has 2 rings (SSSR count). The molecule has 2 aliphatic heterocycles. The number of piperidine rings is 1. The molecular weight excluding hydrogens is 274 g/mol. The molecule has 0 aromatic heterocycles. The first-order valence-corrected chi connectivity index (χ1v) is 7.64. The van der Waals surface area contributed by atoms with Gasteiger partial charge in [-0.05, 0) is 19.8 Å². The van der Waals surface area contributed by atoms with E-state index in [0.29, 0.717) is 19.5 Å². The molecule has 0 aromatic rings. The van der Waals surface area contributed by atoms with Crippen LogP contribution in [0.2, 0.25) is 0 Å². The van der Waals surface area contributed by atoms with Crippen LogP contribution in [0.3, 0.4) is 0 Å². The summed E-state index contributed by atoms with van der Waals surface area (Å²) >= 11 is 0. The number of carbonyl (C=O) groups is 2. The third kappa shape index (κ3) is 4.86. The predicted molar refractivity (Wildman–Crippen MR) is 77.2 cm³/mol. The summed E-state index contributed by atoms with van der Waals surface area (Å²) in [6.07, 6.45) is 1.41. The zero-order chi connectivity index (χ0) is 15.2. The Kier molecular flexibility index (Phi) is 5.81. The van der Waals surface area contributed by atoms with E-state index in [1.54, 1.807) is 4.90 Å². The van der Waals surface area contributed by atoms with Crippen molar-refractivity contribution in [3.63, 3.8) is 0 Å². The van der Waals surface area contributed by atoms with Gasteiger partial charge in [-0.25, -0.2) is 4.79 Å². The molecule has 2 fully saturated rings. The molecule has 2 atom stereocenters. The van der Waals surface area contributed by atoms with Crippen molar-refractivity contribution in [2.24, 2.45) is 5.92 Å². The molecule has 120 valence electrons. The molecular formula is C14H25N3O4. The number of rotatable bonds is 4. The topological polar surface area (TPSA) is 82.1 Å². The van der Waals surface area contributed by atoms with Crippen molar-refractivity contribution in [1.29, 1.82) is 0 Å². The Labute approximate surface area is 125 Å². The lowest BCUT2D eigenvalue weighted by Gasteiger charge is -2.33. The van der Waals surface area contributed by atoms with Gasteiger partial charge < -0.3 is 20.1 Å². The molecule has 0 aromatic carbocycles. The van der Waals surface area contributed by atoms with Crippen LogP contribution in [0.4, 0.5) is 4.79 Å². The van der Waals surface area contributed by atoms with Crippen LogP contribution in [0.15, 0.2) is 0 Å². The number of ether oxygens (including phenoxy) is 1. The maximum atomic E-state index is 12.2. The van der Waals surface area contributed by atoms with E-state index in [-0.39, 0.29) is 12.1 Å². The molecule has 2 aliphatic rings. The fraction of sp³-hybridized carbons (Fsp3) is 0.857. The van der Waals surface area contributed by atoms with E-state index in [2.05, 4.69) is 10.2 Å². The van der Waals surface area contributed by atoms with Crippen LogP contribution in [0.5, 0.6) is 0 Å². The number of morpholine rings is 1. The van der Waals surface area contributed by atoms with Crippen LogP contribution in [-0.2, 0) is 9.53 Å². The molecule has 0 aliphatic carbocycles. The summed E-state index contributed by atoms with van der Waals surface area (Å²) in [5, 5.41) is 12.0. The summed E-state index contributed by atoms with van der Waals surface area (Å²) in [5.41, 5.74) is 0. The Hall–Kier alpha value is -1.34. The number of urea groups is 1. The van der Waals surface area contributed by atoms with Gasteiger partial charge in [-0.2, -0.15) is 0 Å². The van der Waals surface area contributed by atoms with Crippen molar-refractivity contribution in [2.45, 2.75) is 25.8 Å². The van der Waals surface area contributed by atoms with Crippen molar-refractivity contribution >= 4 is 12.0 Å². The highest BCUT2D eigenvalue weighted by molar-refractivity contribution is 5.76. The van der Waals surface area contributed by atoms with E-state index >= 15 is 0 Å². The second-order valence-corrected chi connectivity index (χ2v) is 5.89. The molecule has 2 amide bonds. The number of hydrogen-bond donors (Lipinski definition) is 2. The Morgan fingerprint density at radius 3 is 2.71 bits per heavy atom. The van der Waals surface area contributed by atoms with Gasteiger partial charge in [0.05, 0.1) is 19.1 Å². The Balaban J connectivity index is 1.75. The zero-order valence-electron chi connectivity index (χ0n) is 12.6. The molecule has 7 nitrogen and oxygen atoms in total. The number of hydrogen-bond acceptors (Lipinski definition) is 4. The average molecular weight is 299 g/mol. The van der Waals surface area contributed by atoms with E-state index in [9.17, 15) is 9.59 Å². The van der Waals surface area contributed by atoms with E-state index in [4.69, 9.17) is 9.84 Å². The monoisotopic (exact) mass is 299 g/mol. The van der Waals surface area contributed by atoms with Crippen LogP contribution in [0.1, 0.15) is 19.8 Å². The molecule has 0 bridgehead atoms. The summed E-state index contributed by atoms with van der Waals surface area (Å²) in [4.78, 5) is 27.1. The molecule has 0 spiro atoms. The lowest BCUT2D eigenvalue weighted by atomic mass is 9.99. The van der Waals surface area contributed by atoms with Crippen molar-refractivity contribution < 1.29 is 19.4 Å². The van der Waals surface area contributed by atoms with Gasteiger partial charge in [0, 0.05) is 38.8 Å². The fourth-order valence-electron chi connectivity index (χ4n) is 2.88. The summed E-state index contributed by atoms with van der Waals surface area (Å²) in [7, 11) is 0. The number of carboxylic acid groups (broad SMARTS) is 1. The number of amides is 2. The van der Waals surface area contributed by atoms with E-state index in [1.165, 1.54) is 0 Å². The van der Waals surface area contributed by atoms with E-state index < -0.39 is 11.9 Å². The quantitative estimate of drug-likeness (QED) is 0.775. The molecule has 0 saturated carbocycles. The number of carbonyl (C=O) groups excluding carboxylic acids is 1. The number of likely N-dealkylation sites (tertiary alicyclic amines) is 1. The molecule has 7 heteroatoms. The van der Waals surface area contributed by atoms with Crippen molar-refractivity contribution in [1.82, 2.24) is 15.1 Å². The minimum Gasteiger partial charge on any atom is -0.481 e. The average Bonchev–Trinajstić information content (AvgIpc) is 2.48. The number of aliphatic carboxylic acids is 1. The van der Waals surface area contributed by atoms with Gasteiger partial charge in [0.2, 0.25) is 0 Å². The highest BCUT2D eigenvalue weighted by Gasteiger charge is 2.28. The van der Waals surface area contributed by atoms with Crippen molar-refractivity contribution in [2.75, 3.05) is 45.9 Å². The largest absolute Gasteiger partial charge is 0.481 e. The molecule has 21 heavy (non-hydrogen) atoms. The number of nitrogens with one attached hydrogen (secondary N) is 1. The summed E-state index contributed by atoms with van der Waals surface area (Å²) in [6, 6.07) is -0.109. The van der Waals surface area contributed by atoms with Crippen LogP contribution >= 0.6 is 0 Å². The molecule has 1 unspecified atom stereocenters. The summed E-state index contributed by atoms with van der Waals surface area (Å²) in [5.74, 6) is -1.24. The van der Waals surface area contributed by atoms with Crippen molar-refractivity contribution in [3.05, 3.63) is 0 Å². The second kappa shape index (κ2) is 7.61. The lowest BCUT2D eigenvalue weighted by Crippen LogP contribution is -2.52. The molecule has 2 N–H and O–H groups in total. The van der Waals surface area contributed by atoms with Crippen LogP contribution < -0.4 is 5.32 Å². The molecule has 0 radical (unpaired) electrons. The minimum atomic E-state index is -0.811. The van der Waals surface area contributed by atoms with Gasteiger partial charge in [0.15, 0.2) is 0 Å². The van der Waals surface area contributed by atoms with Crippen molar-refractivity contribution in [3.8, 4) is 0 Å². The normalized spacial score (nSPS) is 25.4. The minimum absolute atomic E-state index is 0.0424. The second-order valence-electron chi connectivity index (χ2n) is 5.89. The number of nitrogens with zero attached hydrogens (tertiary/aromatic N) is 2. The summed E-state index contributed by atoms with van der Waals surface area (Å²) in [6.45, 7) is 7.00. The van der Waals surface area contributed by atoms with Crippen LogP contribution in [0.25, 0.3) is 0 Å². The first kappa shape index (κ1) is 16.0. The third-order valence-corrected chi connectivity index (χ3v) is 4.06. The fourth-order valence-corrected chi connectivity index (χ4v) is 2.88. The van der Waals surface area contributed by atoms with Crippen LogP contribution in [0, 0.1) is 5.92 Å². The summed E-state index contributed by atoms with van der Waals surface area (Å²) < 4.78 is 5.30. The SMILES string of the molecule is CC(CN1CCOCC1)NC(=O)N1CCC[C@@H](C(=O)O)C1. The lowest BCUT2D eigenvalue weighted by molar-refractivity contribution is -0.143. The van der Waals surface area contributed by atoms with Crippen LogP contribution in [-0.4, -0.2) is 78.9 Å². The van der Waals surface area contributed by atoms with Gasteiger partial charge in [0.1, 0.15) is 0 Å². The van der Waals surface area contributed by atoms with Gasteiger partial charge in [-0.15, -0.1) is 0 Å². The van der Waals surface area contributed by atoms with E-state index in [1.807, 2.05) is 6.92 Å². The van der Waals surface area contributed by atoms with E-state index in [0.717, 1.165) is 39.3 Å². The zero-order valence-corrected chi connectivity index (χ0v) is 12.6. The standard InChI is InChI=1S/C14H25N3O4/c1-11(9-16-5-7-21-8-6-16)15-14(20)17-4-2-3-12(10-17)13(18)19/h11-12H,2-10H2,1H3,(H,15,20)(H,18,19)/t11?,12-/m1/s1. The molecule has 2 saturated heterocycles. The third-order valence-electron chi connectivity index (χ3n) is 4.06. The first-order chi connectivity index (χ1) is 10.1. The van der Waals surface area contributed by atoms with Gasteiger partial charge in [-0.1, -0.05) is 0 Å². The first-order valence-electron chi connectivity index (χ1n) is 7.64. The molecule has 2 heterocycles. The Morgan fingerprint density at radius 1 is 1.33 bits per heavy atom. The number of carboxylic acids is 1. The predicted octanol–water partition coefficient (Wildman–Crippen LogP) is 0.213. The smallest absolute Gasteiger partial charge is 0.317 e. The highest BCUT2D eigenvalue weighted by atomic mass is 16.5. The van der Waals surface area contributed by atoms with Gasteiger partial charge >= 0.3 is 12.0 Å². The van der Waals surface area contributed by atoms with Gasteiger partial charge in [-0.3, -0.25) is 9.69 Å². The maximum Gasteiger partial charge on any atom is 0.317 e. The highest BCUT2D eigenvalue weighted by Crippen LogP contribution is 2.16. The maximum absolute atomic E-state index is 12.2.